The van der Waals surface area contributed by atoms with E-state index in [2.05, 4.69) is 0 Å². The molecular weight excluding hydrogens is 221 g/mol. The van der Waals surface area contributed by atoms with Crippen LogP contribution in [0.1, 0.15) is 5.56 Å². The third-order valence-corrected chi connectivity index (χ3v) is 2.05. The summed E-state index contributed by atoms with van der Waals surface area (Å²) in [7, 11) is 2.95. The molecule has 0 spiro atoms. The van der Waals surface area contributed by atoms with Crippen LogP contribution < -0.4 is 5.56 Å². The fraction of sp³-hybridized carbons (Fsp3) is 0.500. The van der Waals surface area contributed by atoms with E-state index in [1.165, 1.54) is 29.9 Å². The highest BCUT2D eigenvalue weighted by Crippen LogP contribution is 2.16. The minimum absolute atomic E-state index is 0.160. The average Bonchev–Trinajstić information content (AvgIpc) is 2.08. The van der Waals surface area contributed by atoms with Gasteiger partial charge in [-0.25, -0.2) is 0 Å². The number of aromatic nitrogens is 1. The quantitative estimate of drug-likeness (QED) is 0.789. The first kappa shape index (κ1) is 12.8. The third-order valence-electron chi connectivity index (χ3n) is 2.05. The molecule has 0 aromatic carbocycles. The van der Waals surface area contributed by atoms with Crippen LogP contribution >= 0.6 is 0 Å². The molecule has 0 saturated carbocycles. The fourth-order valence-electron chi connectivity index (χ4n) is 1.42. The number of aryl methyl sites for hydroxylation is 1. The summed E-state index contributed by atoms with van der Waals surface area (Å²) in [6.07, 6.45) is -2.66. The Morgan fingerprint density at radius 3 is 2.50 bits per heavy atom. The van der Waals surface area contributed by atoms with Gasteiger partial charge in [0.25, 0.3) is 0 Å². The second-order valence-corrected chi connectivity index (χ2v) is 3.77. The molecule has 0 aliphatic carbocycles. The lowest BCUT2D eigenvalue weighted by Gasteiger charge is -2.18. The van der Waals surface area contributed by atoms with Crippen molar-refractivity contribution in [2.24, 2.45) is 7.05 Å². The largest absolute Gasteiger partial charge is 0.401 e. The van der Waals surface area contributed by atoms with Crippen LogP contribution in [0.25, 0.3) is 0 Å². The first-order valence-electron chi connectivity index (χ1n) is 4.69. The molecule has 1 aromatic rings. The third kappa shape index (κ3) is 4.06. The highest BCUT2D eigenvalue weighted by molar-refractivity contribution is 5.09. The molecule has 6 heteroatoms. The Bertz CT molecular complexity index is 411. The molecule has 0 N–H and O–H groups in total. The Labute approximate surface area is 91.1 Å². The zero-order chi connectivity index (χ0) is 12.3. The highest BCUT2D eigenvalue weighted by atomic mass is 19.4. The Kier molecular flexibility index (Phi) is 3.74. The van der Waals surface area contributed by atoms with Crippen LogP contribution in [-0.2, 0) is 13.6 Å². The van der Waals surface area contributed by atoms with Gasteiger partial charge in [0.1, 0.15) is 0 Å². The maximum Gasteiger partial charge on any atom is 0.401 e. The van der Waals surface area contributed by atoms with Gasteiger partial charge < -0.3 is 4.57 Å². The molecule has 1 rings (SSSR count). The van der Waals surface area contributed by atoms with E-state index in [0.29, 0.717) is 5.56 Å². The molecule has 1 aromatic heterocycles. The Morgan fingerprint density at radius 2 is 2.00 bits per heavy atom. The summed E-state index contributed by atoms with van der Waals surface area (Å²) >= 11 is 0. The molecule has 0 saturated heterocycles. The van der Waals surface area contributed by atoms with Crippen molar-refractivity contribution in [1.29, 1.82) is 0 Å². The van der Waals surface area contributed by atoms with E-state index in [1.807, 2.05) is 0 Å². The normalized spacial score (nSPS) is 12.1. The van der Waals surface area contributed by atoms with Gasteiger partial charge in [-0.2, -0.15) is 13.2 Å². The SMILES string of the molecule is CN(Cc1ccc(=O)n(C)c1)CC(F)(F)F. The summed E-state index contributed by atoms with van der Waals surface area (Å²) in [6.45, 7) is -0.802. The van der Waals surface area contributed by atoms with Crippen LogP contribution in [0.3, 0.4) is 0 Å². The van der Waals surface area contributed by atoms with E-state index in [0.717, 1.165) is 4.90 Å². The highest BCUT2D eigenvalue weighted by Gasteiger charge is 2.28. The maximum atomic E-state index is 12.1. The Balaban J connectivity index is 2.66. The van der Waals surface area contributed by atoms with Crippen LogP contribution in [0, 0.1) is 0 Å². The topological polar surface area (TPSA) is 25.2 Å². The Morgan fingerprint density at radius 1 is 1.38 bits per heavy atom. The minimum atomic E-state index is -4.20. The molecular formula is C10H13F3N2O. The lowest BCUT2D eigenvalue weighted by Crippen LogP contribution is -2.31. The molecule has 0 amide bonds. The predicted octanol–water partition coefficient (Wildman–Crippen LogP) is 1.38. The van der Waals surface area contributed by atoms with E-state index in [-0.39, 0.29) is 12.1 Å². The van der Waals surface area contributed by atoms with Crippen LogP contribution in [0.15, 0.2) is 23.1 Å². The molecule has 0 bridgehead atoms. The van der Waals surface area contributed by atoms with Crippen LogP contribution in [0.5, 0.6) is 0 Å². The van der Waals surface area contributed by atoms with Gasteiger partial charge in [0, 0.05) is 25.9 Å². The summed E-state index contributed by atoms with van der Waals surface area (Å²) in [5.41, 5.74) is 0.496. The van der Waals surface area contributed by atoms with Crippen molar-refractivity contribution >= 4 is 0 Å². The van der Waals surface area contributed by atoms with E-state index in [9.17, 15) is 18.0 Å². The van der Waals surface area contributed by atoms with Gasteiger partial charge in [0.2, 0.25) is 5.56 Å². The van der Waals surface area contributed by atoms with Crippen molar-refractivity contribution in [3.8, 4) is 0 Å². The van der Waals surface area contributed by atoms with Crippen LogP contribution in [0.4, 0.5) is 13.2 Å². The summed E-state index contributed by atoms with van der Waals surface area (Å²) in [5, 5.41) is 0. The maximum absolute atomic E-state index is 12.1. The van der Waals surface area contributed by atoms with Gasteiger partial charge in [-0.3, -0.25) is 9.69 Å². The van der Waals surface area contributed by atoms with Gasteiger partial charge in [-0.1, -0.05) is 6.07 Å². The minimum Gasteiger partial charge on any atom is -0.318 e. The molecule has 0 fully saturated rings. The van der Waals surface area contributed by atoms with Crippen LogP contribution in [0.2, 0.25) is 0 Å². The van der Waals surface area contributed by atoms with Gasteiger partial charge in [-0.15, -0.1) is 0 Å². The number of alkyl halides is 3. The molecule has 0 atom stereocenters. The van der Waals surface area contributed by atoms with Gasteiger partial charge in [-0.05, 0) is 12.6 Å². The molecule has 0 aliphatic rings. The standard InChI is InChI=1S/C10H13F3N2O/c1-14(7-10(11,12)13)5-8-3-4-9(16)15(2)6-8/h3-4,6H,5,7H2,1-2H3. The van der Waals surface area contributed by atoms with E-state index < -0.39 is 12.7 Å². The lowest BCUT2D eigenvalue weighted by atomic mass is 10.2. The van der Waals surface area contributed by atoms with Gasteiger partial charge in [0.05, 0.1) is 6.54 Å². The lowest BCUT2D eigenvalue weighted by molar-refractivity contribution is -0.144. The molecule has 1 heterocycles. The van der Waals surface area contributed by atoms with Crippen LogP contribution in [-0.4, -0.2) is 29.2 Å². The number of nitrogens with zero attached hydrogens (tertiary/aromatic N) is 2. The first-order chi connectivity index (χ1) is 7.28. The number of halogens is 3. The predicted molar refractivity (Wildman–Crippen MR) is 54.1 cm³/mol. The monoisotopic (exact) mass is 234 g/mol. The molecule has 16 heavy (non-hydrogen) atoms. The average molecular weight is 234 g/mol. The summed E-state index contributed by atoms with van der Waals surface area (Å²) in [4.78, 5) is 12.2. The molecule has 0 unspecified atom stereocenters. The molecule has 3 nitrogen and oxygen atoms in total. The second kappa shape index (κ2) is 4.69. The van der Waals surface area contributed by atoms with Crippen molar-refractivity contribution in [3.63, 3.8) is 0 Å². The summed E-state index contributed by atoms with van der Waals surface area (Å²) < 4.78 is 37.5. The van der Waals surface area contributed by atoms with E-state index in [1.54, 1.807) is 7.05 Å². The summed E-state index contributed by atoms with van der Waals surface area (Å²) in [6, 6.07) is 2.88. The first-order valence-corrected chi connectivity index (χ1v) is 4.69. The van der Waals surface area contributed by atoms with Crippen molar-refractivity contribution < 1.29 is 13.2 Å². The summed E-state index contributed by atoms with van der Waals surface area (Å²) in [5.74, 6) is 0. The Hall–Kier alpha value is -1.30. The molecule has 90 valence electrons. The second-order valence-electron chi connectivity index (χ2n) is 3.77. The van der Waals surface area contributed by atoms with Crippen molar-refractivity contribution in [2.45, 2.75) is 12.7 Å². The number of pyridine rings is 1. The number of hydrogen-bond donors (Lipinski definition) is 0. The van der Waals surface area contributed by atoms with Crippen molar-refractivity contribution in [3.05, 3.63) is 34.2 Å². The number of rotatable bonds is 3. The number of hydrogen-bond acceptors (Lipinski definition) is 2. The van der Waals surface area contributed by atoms with Crippen molar-refractivity contribution in [2.75, 3.05) is 13.6 Å². The van der Waals surface area contributed by atoms with E-state index in [4.69, 9.17) is 0 Å². The van der Waals surface area contributed by atoms with Gasteiger partial charge >= 0.3 is 6.18 Å². The molecule has 0 radical (unpaired) electrons. The van der Waals surface area contributed by atoms with Gasteiger partial charge in [0.15, 0.2) is 0 Å². The van der Waals surface area contributed by atoms with Crippen molar-refractivity contribution in [1.82, 2.24) is 9.47 Å². The zero-order valence-electron chi connectivity index (χ0n) is 9.08. The molecule has 0 aliphatic heterocycles. The fourth-order valence-corrected chi connectivity index (χ4v) is 1.42. The smallest absolute Gasteiger partial charge is 0.318 e. The zero-order valence-corrected chi connectivity index (χ0v) is 9.08. The van der Waals surface area contributed by atoms with E-state index >= 15 is 0 Å².